The van der Waals surface area contributed by atoms with Gasteiger partial charge in [0.15, 0.2) is 6.10 Å². The quantitative estimate of drug-likeness (QED) is 0.0148. The molecule has 0 aliphatic heterocycles. The number of carbonyl (C=O) groups is 2. The minimum Gasteiger partial charge on any atom is -0.462 e. The minimum atomic E-state index is -5.13. The molecule has 6 atom stereocenters. The number of aliphatic hydroxyl groups is 5. The summed E-state index contributed by atoms with van der Waals surface area (Å²) in [5.74, 6) is -1.14. The Hall–Kier alpha value is -2.45. The summed E-state index contributed by atoms with van der Waals surface area (Å²) in [6, 6.07) is 0. The molecular formula is C48H83O13P. The van der Waals surface area contributed by atoms with E-state index in [1.165, 1.54) is 64.2 Å². The van der Waals surface area contributed by atoms with Gasteiger partial charge in [-0.15, -0.1) is 0 Å². The van der Waals surface area contributed by atoms with Gasteiger partial charge >= 0.3 is 19.8 Å². The van der Waals surface area contributed by atoms with Crippen molar-refractivity contribution >= 4 is 19.8 Å². The Morgan fingerprint density at radius 2 is 0.919 bits per heavy atom. The van der Waals surface area contributed by atoms with Gasteiger partial charge in [0, 0.05) is 12.8 Å². The molecule has 0 aromatic heterocycles. The second kappa shape index (κ2) is 37.9. The van der Waals surface area contributed by atoms with Crippen molar-refractivity contribution in [2.24, 2.45) is 0 Å². The van der Waals surface area contributed by atoms with Crippen LogP contribution in [0, 0.1) is 0 Å². The van der Waals surface area contributed by atoms with Gasteiger partial charge in [0.25, 0.3) is 0 Å². The van der Waals surface area contributed by atoms with Crippen LogP contribution < -0.4 is 0 Å². The minimum absolute atomic E-state index is 0.0566. The molecule has 0 aromatic rings. The lowest BCUT2D eigenvalue weighted by atomic mass is 9.85. The standard InChI is InChI=1S/C48H83O13P/c1-3-5-7-9-11-13-15-17-19-20-21-22-23-25-27-29-31-33-35-37-42(50)60-40(39-59-62(56,57)61-48-46(54)44(52)43(51)45(53)47(48)55)38-58-41(49)36-34-32-30-28-26-24-18-16-14-12-10-8-6-4-2/h5,7,11,13,17,19,21-22,25,27,40,43-48,51-55H,3-4,6,8-10,12,14-16,18,20,23-24,26,28-39H2,1-2H3,(H,56,57)/b7-5-,13-11-,19-17-,22-21-,27-25-. The molecule has 1 fully saturated rings. The zero-order chi connectivity index (χ0) is 45.7. The van der Waals surface area contributed by atoms with E-state index in [1.54, 1.807) is 0 Å². The summed E-state index contributed by atoms with van der Waals surface area (Å²) in [5, 5.41) is 50.2. The first-order valence-electron chi connectivity index (χ1n) is 23.6. The van der Waals surface area contributed by atoms with E-state index in [0.717, 1.165) is 70.6 Å². The molecule has 6 N–H and O–H groups in total. The molecule has 1 aliphatic rings. The van der Waals surface area contributed by atoms with Crippen LogP contribution in [0.1, 0.15) is 174 Å². The van der Waals surface area contributed by atoms with Crippen molar-refractivity contribution in [1.29, 1.82) is 0 Å². The summed E-state index contributed by atoms with van der Waals surface area (Å²) in [5.41, 5.74) is 0. The van der Waals surface area contributed by atoms with Gasteiger partial charge in [0.1, 0.15) is 43.2 Å². The third kappa shape index (κ3) is 29.8. The lowest BCUT2D eigenvalue weighted by Crippen LogP contribution is -2.64. The molecule has 0 saturated heterocycles. The second-order valence-corrected chi connectivity index (χ2v) is 17.6. The molecule has 13 nitrogen and oxygen atoms in total. The molecule has 1 rings (SSSR count). The second-order valence-electron chi connectivity index (χ2n) is 16.2. The van der Waals surface area contributed by atoms with Crippen LogP contribution in [0.25, 0.3) is 0 Å². The summed E-state index contributed by atoms with van der Waals surface area (Å²) in [6.07, 6.45) is 32.7. The normalized spacial score (nSPS) is 22.4. The number of hydrogen-bond donors (Lipinski definition) is 6. The van der Waals surface area contributed by atoms with E-state index < -0.39 is 75.7 Å². The molecule has 14 heteroatoms. The molecule has 0 bridgehead atoms. The summed E-state index contributed by atoms with van der Waals surface area (Å²) in [4.78, 5) is 35.7. The third-order valence-corrected chi connectivity index (χ3v) is 11.6. The van der Waals surface area contributed by atoms with Crippen LogP contribution >= 0.6 is 7.82 Å². The zero-order valence-corrected chi connectivity index (χ0v) is 38.8. The highest BCUT2D eigenvalue weighted by atomic mass is 31.2. The molecule has 62 heavy (non-hydrogen) atoms. The van der Waals surface area contributed by atoms with E-state index in [9.17, 15) is 44.6 Å². The fraction of sp³-hybridized carbons (Fsp3) is 0.750. The fourth-order valence-corrected chi connectivity index (χ4v) is 7.82. The maximum absolute atomic E-state index is 12.8. The van der Waals surface area contributed by atoms with Crippen LogP contribution in [0.2, 0.25) is 0 Å². The highest BCUT2D eigenvalue weighted by Crippen LogP contribution is 2.47. The van der Waals surface area contributed by atoms with Crippen molar-refractivity contribution in [3.8, 4) is 0 Å². The van der Waals surface area contributed by atoms with E-state index in [4.69, 9.17) is 18.5 Å². The fourth-order valence-electron chi connectivity index (χ4n) is 6.84. The number of phosphoric ester groups is 1. The number of rotatable bonds is 38. The monoisotopic (exact) mass is 899 g/mol. The molecule has 0 radical (unpaired) electrons. The van der Waals surface area contributed by atoms with Crippen molar-refractivity contribution < 1.29 is 63.1 Å². The molecule has 0 aromatic carbocycles. The highest BCUT2D eigenvalue weighted by molar-refractivity contribution is 7.47. The van der Waals surface area contributed by atoms with Gasteiger partial charge in [-0.2, -0.15) is 0 Å². The first kappa shape index (κ1) is 57.6. The van der Waals surface area contributed by atoms with Crippen molar-refractivity contribution in [3.63, 3.8) is 0 Å². The van der Waals surface area contributed by atoms with Crippen LogP contribution in [0.4, 0.5) is 0 Å². The Balaban J connectivity index is 2.48. The van der Waals surface area contributed by atoms with Crippen molar-refractivity contribution in [3.05, 3.63) is 60.8 Å². The van der Waals surface area contributed by atoms with Gasteiger partial charge in [0.2, 0.25) is 0 Å². The SMILES string of the molecule is CC/C=C\C/C=C\C/C=C\C/C=C\C/C=C\CCCCCC(=O)OC(COC(=O)CCCCCCCCCCCCCCCC)COP(=O)(O)OC1C(O)C(O)C(O)C(O)C1O. The van der Waals surface area contributed by atoms with Gasteiger partial charge in [-0.1, -0.05) is 164 Å². The third-order valence-electron chi connectivity index (χ3n) is 10.6. The van der Waals surface area contributed by atoms with Gasteiger partial charge < -0.3 is 39.9 Å². The number of aliphatic hydroxyl groups excluding tert-OH is 5. The largest absolute Gasteiger partial charge is 0.472 e. The Kier molecular flexibility index (Phi) is 35.2. The molecule has 0 heterocycles. The average molecular weight is 899 g/mol. The van der Waals surface area contributed by atoms with E-state index in [0.29, 0.717) is 12.8 Å². The molecule has 6 unspecified atom stereocenters. The van der Waals surface area contributed by atoms with Crippen LogP contribution in [0.5, 0.6) is 0 Å². The molecule has 0 spiro atoms. The molecule has 0 amide bonds. The number of esters is 2. The maximum atomic E-state index is 12.8. The molecular weight excluding hydrogens is 815 g/mol. The predicted octanol–water partition coefficient (Wildman–Crippen LogP) is 9.33. The summed E-state index contributed by atoms with van der Waals surface area (Å²) in [7, 11) is -5.13. The Morgan fingerprint density at radius 3 is 1.40 bits per heavy atom. The number of carbonyl (C=O) groups excluding carboxylic acids is 2. The first-order valence-corrected chi connectivity index (χ1v) is 25.1. The van der Waals surface area contributed by atoms with Crippen LogP contribution in [-0.4, -0.2) is 98.3 Å². The Labute approximate surface area is 373 Å². The first-order chi connectivity index (χ1) is 29.9. The number of ether oxygens (including phenoxy) is 2. The van der Waals surface area contributed by atoms with Crippen molar-refractivity contribution in [2.45, 2.75) is 217 Å². The number of unbranched alkanes of at least 4 members (excludes halogenated alkanes) is 16. The van der Waals surface area contributed by atoms with Crippen molar-refractivity contribution in [2.75, 3.05) is 13.2 Å². The molecule has 1 aliphatic carbocycles. The lowest BCUT2D eigenvalue weighted by Gasteiger charge is -2.41. The zero-order valence-electron chi connectivity index (χ0n) is 37.9. The summed E-state index contributed by atoms with van der Waals surface area (Å²) < 4.78 is 33.5. The maximum Gasteiger partial charge on any atom is 0.472 e. The lowest BCUT2D eigenvalue weighted by molar-refractivity contribution is -0.220. The van der Waals surface area contributed by atoms with Gasteiger partial charge in [0.05, 0.1) is 6.61 Å². The smallest absolute Gasteiger partial charge is 0.462 e. The predicted molar refractivity (Wildman–Crippen MR) is 244 cm³/mol. The average Bonchev–Trinajstić information content (AvgIpc) is 3.25. The molecule has 1 saturated carbocycles. The Bertz CT molecular complexity index is 1320. The van der Waals surface area contributed by atoms with E-state index in [-0.39, 0.29) is 12.8 Å². The van der Waals surface area contributed by atoms with Gasteiger partial charge in [-0.05, 0) is 57.8 Å². The van der Waals surface area contributed by atoms with Crippen LogP contribution in [0.3, 0.4) is 0 Å². The van der Waals surface area contributed by atoms with E-state index in [2.05, 4.69) is 74.6 Å². The number of hydrogen-bond acceptors (Lipinski definition) is 12. The summed E-state index contributed by atoms with van der Waals surface area (Å²) >= 11 is 0. The Morgan fingerprint density at radius 1 is 0.516 bits per heavy atom. The van der Waals surface area contributed by atoms with Crippen LogP contribution in [-0.2, 0) is 32.7 Å². The number of allylic oxidation sites excluding steroid dienone is 10. The van der Waals surface area contributed by atoms with Gasteiger partial charge in [-0.25, -0.2) is 4.57 Å². The topological polar surface area (TPSA) is 210 Å². The summed E-state index contributed by atoms with van der Waals surface area (Å²) in [6.45, 7) is 3.16. The van der Waals surface area contributed by atoms with Crippen LogP contribution in [0.15, 0.2) is 60.8 Å². The van der Waals surface area contributed by atoms with Crippen molar-refractivity contribution in [1.82, 2.24) is 0 Å². The van der Waals surface area contributed by atoms with E-state index >= 15 is 0 Å². The molecule has 358 valence electrons. The number of phosphoric acid groups is 1. The van der Waals surface area contributed by atoms with E-state index in [1.807, 2.05) is 0 Å². The highest BCUT2D eigenvalue weighted by Gasteiger charge is 2.51. The van der Waals surface area contributed by atoms with Gasteiger partial charge in [-0.3, -0.25) is 18.6 Å².